The van der Waals surface area contributed by atoms with Gasteiger partial charge in [-0.25, -0.2) is 9.98 Å². The van der Waals surface area contributed by atoms with Crippen LogP contribution in [-0.2, 0) is 0 Å². The monoisotopic (exact) mass is 617 g/mol. The molecule has 0 bridgehead atoms. The van der Waals surface area contributed by atoms with Crippen molar-refractivity contribution in [2.45, 2.75) is 6.17 Å². The second-order valence-electron chi connectivity index (χ2n) is 12.1. The van der Waals surface area contributed by atoms with Crippen LogP contribution in [0.15, 0.2) is 170 Å². The van der Waals surface area contributed by atoms with Crippen LogP contribution in [0.25, 0.3) is 65.8 Å². The number of amidine groups is 2. The van der Waals surface area contributed by atoms with Crippen molar-refractivity contribution in [3.05, 3.63) is 168 Å². The Morgan fingerprint density at radius 2 is 0.979 bits per heavy atom. The molecule has 48 heavy (non-hydrogen) atoms. The summed E-state index contributed by atoms with van der Waals surface area (Å²) in [6, 6.07) is 52.1. The summed E-state index contributed by atoms with van der Waals surface area (Å²) in [5, 5.41) is 10.2. The van der Waals surface area contributed by atoms with E-state index < -0.39 is 0 Å². The molecule has 9 aromatic rings. The van der Waals surface area contributed by atoms with Crippen molar-refractivity contribution in [1.29, 1.82) is 0 Å². The molecule has 0 aliphatic carbocycles. The number of hydrogen-bond donors (Lipinski definition) is 1. The molecule has 0 radical (unpaired) electrons. The van der Waals surface area contributed by atoms with Gasteiger partial charge in [-0.1, -0.05) is 127 Å². The molecular weight excluding hydrogens is 590 g/mol. The summed E-state index contributed by atoms with van der Waals surface area (Å²) in [4.78, 5) is 10.5. The molecule has 7 aromatic carbocycles. The van der Waals surface area contributed by atoms with Gasteiger partial charge in [0.1, 0.15) is 34.3 Å². The van der Waals surface area contributed by atoms with Crippen LogP contribution in [0.3, 0.4) is 0 Å². The van der Waals surface area contributed by atoms with Crippen molar-refractivity contribution in [2.75, 3.05) is 0 Å². The van der Waals surface area contributed by atoms with Crippen molar-refractivity contribution in [1.82, 2.24) is 5.32 Å². The van der Waals surface area contributed by atoms with Gasteiger partial charge in [-0.15, -0.1) is 0 Å². The van der Waals surface area contributed by atoms with Gasteiger partial charge in [0.25, 0.3) is 0 Å². The number of rotatable bonds is 4. The van der Waals surface area contributed by atoms with Crippen LogP contribution in [0, 0.1) is 0 Å². The van der Waals surface area contributed by atoms with Crippen LogP contribution < -0.4 is 5.32 Å². The minimum absolute atomic E-state index is 0.387. The predicted octanol–water partition coefficient (Wildman–Crippen LogP) is 10.8. The Morgan fingerprint density at radius 3 is 1.75 bits per heavy atom. The molecule has 226 valence electrons. The Balaban J connectivity index is 1.19. The molecule has 3 heterocycles. The average molecular weight is 618 g/mol. The normalized spacial score (nSPS) is 14.9. The van der Waals surface area contributed by atoms with Gasteiger partial charge in [-0.05, 0) is 46.2 Å². The van der Waals surface area contributed by atoms with E-state index in [4.69, 9.17) is 18.8 Å². The van der Waals surface area contributed by atoms with Crippen molar-refractivity contribution >= 4 is 66.3 Å². The lowest BCUT2D eigenvalue weighted by atomic mass is 9.92. The van der Waals surface area contributed by atoms with Gasteiger partial charge in [-0.2, -0.15) is 0 Å². The number of hydrogen-bond acceptors (Lipinski definition) is 5. The van der Waals surface area contributed by atoms with Crippen LogP contribution >= 0.6 is 0 Å². The molecule has 0 fully saturated rings. The van der Waals surface area contributed by atoms with Gasteiger partial charge in [0.2, 0.25) is 0 Å². The second-order valence-corrected chi connectivity index (χ2v) is 12.1. The number of para-hydroxylation sites is 2. The van der Waals surface area contributed by atoms with Crippen molar-refractivity contribution in [3.63, 3.8) is 0 Å². The van der Waals surface area contributed by atoms with E-state index in [2.05, 4.69) is 96.3 Å². The Labute approximate surface area is 275 Å². The molecule has 0 saturated heterocycles. The second kappa shape index (κ2) is 10.5. The van der Waals surface area contributed by atoms with Gasteiger partial charge in [-0.3, -0.25) is 0 Å². The minimum Gasteiger partial charge on any atom is -0.456 e. The lowest BCUT2D eigenvalue weighted by Crippen LogP contribution is -2.33. The number of aliphatic imine (C=N–C) groups is 2. The summed E-state index contributed by atoms with van der Waals surface area (Å²) in [5.41, 5.74) is 8.76. The van der Waals surface area contributed by atoms with E-state index in [9.17, 15) is 0 Å². The highest BCUT2D eigenvalue weighted by Crippen LogP contribution is 2.40. The van der Waals surface area contributed by atoms with E-state index in [1.54, 1.807) is 0 Å². The maximum atomic E-state index is 6.26. The Bertz CT molecular complexity index is 2770. The number of nitrogens with zero attached hydrogens (tertiary/aromatic N) is 2. The van der Waals surface area contributed by atoms with E-state index in [1.165, 1.54) is 0 Å². The van der Waals surface area contributed by atoms with Crippen LogP contribution in [-0.4, -0.2) is 11.7 Å². The molecule has 10 rings (SSSR count). The fourth-order valence-electron chi connectivity index (χ4n) is 7.24. The van der Waals surface area contributed by atoms with E-state index in [1.807, 2.05) is 60.7 Å². The van der Waals surface area contributed by atoms with E-state index >= 15 is 0 Å². The fourth-order valence-corrected chi connectivity index (χ4v) is 7.24. The van der Waals surface area contributed by atoms with Gasteiger partial charge >= 0.3 is 0 Å². The van der Waals surface area contributed by atoms with Crippen molar-refractivity contribution in [2.24, 2.45) is 9.98 Å². The molecule has 1 aliphatic rings. The van der Waals surface area contributed by atoms with Crippen LogP contribution in [0.2, 0.25) is 0 Å². The Kier molecular flexibility index (Phi) is 5.87. The van der Waals surface area contributed by atoms with Gasteiger partial charge in [0.05, 0.1) is 0 Å². The summed E-state index contributed by atoms with van der Waals surface area (Å²) < 4.78 is 12.5. The largest absolute Gasteiger partial charge is 0.456 e. The standard InChI is InChI=1S/C43H27N3O2/c1-2-12-26(13-3-1)41-44-42(46-43(45-41)34-21-11-25-38-40(34)33-15-5-7-23-36(33)48-38)31-20-9-16-27-28(17-8-18-29(27)31)30-19-10-24-37-39(30)32-14-4-6-22-35(32)47-37/h1-25,43H,(H,44,45,46). The number of fused-ring (bicyclic) bond motifs is 7. The first-order valence-electron chi connectivity index (χ1n) is 16.1. The maximum absolute atomic E-state index is 6.26. The SMILES string of the molecule is c1ccc(C2=NC(c3cccc4c(-c5cccc6oc7ccccc7c56)cccc34)=NC(c3cccc4oc5ccccc5c34)N2)cc1. The Hall–Kier alpha value is -6.46. The molecule has 1 aliphatic heterocycles. The van der Waals surface area contributed by atoms with Crippen molar-refractivity contribution in [3.8, 4) is 11.1 Å². The molecule has 0 saturated carbocycles. The first-order valence-corrected chi connectivity index (χ1v) is 16.1. The maximum Gasteiger partial charge on any atom is 0.160 e. The fraction of sp³-hybridized carbons (Fsp3) is 0.0233. The summed E-state index contributed by atoms with van der Waals surface area (Å²) >= 11 is 0. The van der Waals surface area contributed by atoms with E-state index in [-0.39, 0.29) is 6.17 Å². The topological polar surface area (TPSA) is 63.0 Å². The number of benzene rings is 7. The zero-order chi connectivity index (χ0) is 31.6. The van der Waals surface area contributed by atoms with Gasteiger partial charge in [0, 0.05) is 38.2 Å². The third-order valence-corrected chi connectivity index (χ3v) is 9.37. The van der Waals surface area contributed by atoms with E-state index in [0.29, 0.717) is 5.84 Å². The highest BCUT2D eigenvalue weighted by atomic mass is 16.3. The molecule has 0 amide bonds. The minimum atomic E-state index is -0.387. The van der Waals surface area contributed by atoms with Crippen LogP contribution in [0.1, 0.15) is 22.9 Å². The molecule has 2 aromatic heterocycles. The predicted molar refractivity (Wildman–Crippen MR) is 196 cm³/mol. The summed E-state index contributed by atoms with van der Waals surface area (Å²) in [6.07, 6.45) is -0.387. The van der Waals surface area contributed by atoms with Gasteiger partial charge in [0.15, 0.2) is 5.84 Å². The first-order chi connectivity index (χ1) is 23.8. The zero-order valence-corrected chi connectivity index (χ0v) is 25.7. The third-order valence-electron chi connectivity index (χ3n) is 9.37. The molecule has 0 spiro atoms. The third kappa shape index (κ3) is 4.11. The number of nitrogens with one attached hydrogen (secondary N) is 1. The van der Waals surface area contributed by atoms with E-state index in [0.717, 1.165) is 88.3 Å². The van der Waals surface area contributed by atoms with Crippen LogP contribution in [0.5, 0.6) is 0 Å². The summed E-state index contributed by atoms with van der Waals surface area (Å²) in [5.74, 6) is 1.45. The molecule has 1 unspecified atom stereocenters. The lowest BCUT2D eigenvalue weighted by molar-refractivity contribution is 0.662. The summed E-state index contributed by atoms with van der Waals surface area (Å²) in [7, 11) is 0. The molecule has 1 atom stereocenters. The van der Waals surface area contributed by atoms with Gasteiger partial charge < -0.3 is 14.2 Å². The average Bonchev–Trinajstić information content (AvgIpc) is 3.73. The highest BCUT2D eigenvalue weighted by molar-refractivity contribution is 6.21. The molecule has 1 N–H and O–H groups in total. The van der Waals surface area contributed by atoms with Crippen molar-refractivity contribution < 1.29 is 8.83 Å². The summed E-state index contributed by atoms with van der Waals surface area (Å²) in [6.45, 7) is 0. The highest BCUT2D eigenvalue weighted by Gasteiger charge is 2.25. The quantitative estimate of drug-likeness (QED) is 0.214. The number of furan rings is 2. The smallest absolute Gasteiger partial charge is 0.160 e. The van der Waals surface area contributed by atoms with Crippen LogP contribution in [0.4, 0.5) is 0 Å². The first kappa shape index (κ1) is 26.7. The molecule has 5 nitrogen and oxygen atoms in total. The zero-order valence-electron chi connectivity index (χ0n) is 25.7. The Morgan fingerprint density at radius 1 is 0.438 bits per heavy atom. The lowest BCUT2D eigenvalue weighted by Gasteiger charge is -2.24. The molecular formula is C43H27N3O2. The molecule has 5 heteroatoms.